The third kappa shape index (κ3) is 2.44. The molecule has 0 bridgehead atoms. The van der Waals surface area contributed by atoms with E-state index >= 15 is 0 Å². The van der Waals surface area contributed by atoms with Crippen molar-refractivity contribution in [2.24, 2.45) is 0 Å². The Balaban J connectivity index is 2.36. The Kier molecular flexibility index (Phi) is 4.04. The third-order valence-corrected chi connectivity index (χ3v) is 4.46. The highest BCUT2D eigenvalue weighted by Gasteiger charge is 2.15. The van der Waals surface area contributed by atoms with E-state index in [1.807, 2.05) is 22.6 Å². The van der Waals surface area contributed by atoms with Crippen LogP contribution >= 0.6 is 23.4 Å². The van der Waals surface area contributed by atoms with Crippen molar-refractivity contribution in [3.05, 3.63) is 58.9 Å². The lowest BCUT2D eigenvalue weighted by atomic mass is 10.2. The predicted molar refractivity (Wildman–Crippen MR) is 90.7 cm³/mol. The van der Waals surface area contributed by atoms with Crippen LogP contribution in [0.2, 0.25) is 0 Å². The monoisotopic (exact) mass is 332 g/mol. The molecule has 0 fully saturated rings. The maximum absolute atomic E-state index is 12.6. The van der Waals surface area contributed by atoms with Gasteiger partial charge in [-0.3, -0.25) is 13.8 Å². The minimum absolute atomic E-state index is 0.103. The van der Waals surface area contributed by atoms with E-state index in [-0.39, 0.29) is 5.56 Å². The minimum Gasteiger partial charge on any atom is -0.272 e. The topological polar surface area (TPSA) is 52.2 Å². The van der Waals surface area contributed by atoms with Gasteiger partial charge in [-0.05, 0) is 12.1 Å². The predicted octanol–water partition coefficient (Wildman–Crippen LogP) is 3.07. The first-order valence-electron chi connectivity index (χ1n) is 6.57. The van der Waals surface area contributed by atoms with Crippen LogP contribution in [0.1, 0.15) is 0 Å². The van der Waals surface area contributed by atoms with E-state index in [4.69, 9.17) is 11.6 Å². The lowest BCUT2D eigenvalue weighted by molar-refractivity contribution is 0.783. The molecule has 2 heterocycles. The van der Waals surface area contributed by atoms with Crippen LogP contribution in [0.4, 0.5) is 0 Å². The molecular weight excluding hydrogens is 320 g/mol. The zero-order valence-electron chi connectivity index (χ0n) is 11.7. The molecule has 3 rings (SSSR count). The maximum atomic E-state index is 12.6. The molecule has 22 heavy (non-hydrogen) atoms. The van der Waals surface area contributed by atoms with Gasteiger partial charge in [-0.25, -0.2) is 0 Å². The Hall–Kier alpha value is -2.05. The van der Waals surface area contributed by atoms with E-state index in [2.05, 4.69) is 23.4 Å². The first-order chi connectivity index (χ1) is 10.6. The summed E-state index contributed by atoms with van der Waals surface area (Å²) >= 11 is 7.26. The molecule has 0 aliphatic heterocycles. The molecule has 0 radical (unpaired) electrons. The van der Waals surface area contributed by atoms with Gasteiger partial charge < -0.3 is 0 Å². The number of benzene rings is 1. The highest BCUT2D eigenvalue weighted by Crippen LogP contribution is 2.23. The molecule has 0 saturated heterocycles. The van der Waals surface area contributed by atoms with Gasteiger partial charge in [-0.1, -0.05) is 48.2 Å². The minimum atomic E-state index is -0.103. The summed E-state index contributed by atoms with van der Waals surface area (Å²) in [5, 5.41) is 10.2. The van der Waals surface area contributed by atoms with Gasteiger partial charge in [0.2, 0.25) is 5.78 Å². The molecule has 112 valence electrons. The summed E-state index contributed by atoms with van der Waals surface area (Å²) in [5.41, 5.74) is 0.671. The van der Waals surface area contributed by atoms with E-state index in [0.717, 1.165) is 5.52 Å². The fourth-order valence-electron chi connectivity index (χ4n) is 2.26. The quantitative estimate of drug-likeness (QED) is 0.532. The summed E-state index contributed by atoms with van der Waals surface area (Å²) in [7, 11) is 0. The van der Waals surface area contributed by atoms with Gasteiger partial charge in [-0.15, -0.1) is 16.8 Å². The molecule has 5 nitrogen and oxygen atoms in total. The Morgan fingerprint density at radius 1 is 1.36 bits per heavy atom. The highest BCUT2D eigenvalue weighted by molar-refractivity contribution is 7.99. The summed E-state index contributed by atoms with van der Waals surface area (Å²) in [4.78, 5) is 12.6. The van der Waals surface area contributed by atoms with Crippen molar-refractivity contribution in [2.45, 2.75) is 11.7 Å². The number of nitrogens with zero attached hydrogens (tertiary/aromatic N) is 4. The molecule has 2 aromatic heterocycles. The number of allylic oxidation sites excluding steroid dienone is 1. The number of hydrogen-bond donors (Lipinski definition) is 0. The van der Waals surface area contributed by atoms with Crippen molar-refractivity contribution in [1.29, 1.82) is 0 Å². The first kappa shape index (κ1) is 14.9. The second-order valence-electron chi connectivity index (χ2n) is 4.65. The average Bonchev–Trinajstić information content (AvgIpc) is 2.93. The van der Waals surface area contributed by atoms with Crippen LogP contribution in [-0.2, 0) is 6.54 Å². The summed E-state index contributed by atoms with van der Waals surface area (Å²) in [5.74, 6) is 1.02. The Bertz CT molecular complexity index is 944. The molecule has 7 heteroatoms. The van der Waals surface area contributed by atoms with Crippen molar-refractivity contribution >= 4 is 40.0 Å². The molecule has 0 spiro atoms. The Morgan fingerprint density at radius 2 is 2.14 bits per heavy atom. The van der Waals surface area contributed by atoms with Gasteiger partial charge >= 0.3 is 0 Å². The van der Waals surface area contributed by atoms with Crippen molar-refractivity contribution in [3.8, 4) is 0 Å². The second-order valence-corrected chi connectivity index (χ2v) is 6.12. The summed E-state index contributed by atoms with van der Waals surface area (Å²) in [6, 6.07) is 7.40. The Labute approximate surface area is 135 Å². The van der Waals surface area contributed by atoms with Gasteiger partial charge in [0.25, 0.3) is 5.56 Å². The van der Waals surface area contributed by atoms with Crippen LogP contribution in [-0.4, -0.2) is 24.9 Å². The van der Waals surface area contributed by atoms with Crippen molar-refractivity contribution < 1.29 is 0 Å². The van der Waals surface area contributed by atoms with E-state index in [1.54, 1.807) is 16.7 Å². The zero-order chi connectivity index (χ0) is 15.7. The van der Waals surface area contributed by atoms with Gasteiger partial charge in [0.1, 0.15) is 0 Å². The molecule has 1 aromatic carbocycles. The lowest BCUT2D eigenvalue weighted by Crippen LogP contribution is -2.22. The van der Waals surface area contributed by atoms with Crippen LogP contribution < -0.4 is 5.56 Å². The van der Waals surface area contributed by atoms with Crippen molar-refractivity contribution in [3.63, 3.8) is 0 Å². The number of halogens is 1. The largest absolute Gasteiger partial charge is 0.272 e. The molecule has 0 aliphatic carbocycles. The summed E-state index contributed by atoms with van der Waals surface area (Å²) < 4.78 is 3.42. The van der Waals surface area contributed by atoms with E-state index in [1.165, 1.54) is 11.8 Å². The van der Waals surface area contributed by atoms with Crippen LogP contribution in [0, 0.1) is 0 Å². The van der Waals surface area contributed by atoms with Crippen molar-refractivity contribution in [1.82, 2.24) is 19.2 Å². The van der Waals surface area contributed by atoms with Gasteiger partial charge in [0, 0.05) is 17.3 Å². The fourth-order valence-corrected chi connectivity index (χ4v) is 3.12. The number of hydrogen-bond acceptors (Lipinski definition) is 4. The summed E-state index contributed by atoms with van der Waals surface area (Å²) in [6.45, 7) is 7.75. The van der Waals surface area contributed by atoms with E-state index in [9.17, 15) is 4.79 Å². The molecule has 0 unspecified atom stereocenters. The van der Waals surface area contributed by atoms with Gasteiger partial charge in [-0.2, -0.15) is 0 Å². The molecule has 0 N–H and O–H groups in total. The number of thioether (sulfide) groups is 1. The van der Waals surface area contributed by atoms with Crippen LogP contribution in [0.3, 0.4) is 0 Å². The second kappa shape index (κ2) is 5.98. The van der Waals surface area contributed by atoms with Crippen LogP contribution in [0.25, 0.3) is 16.7 Å². The lowest BCUT2D eigenvalue weighted by Gasteiger charge is -2.09. The zero-order valence-corrected chi connectivity index (χ0v) is 13.3. The van der Waals surface area contributed by atoms with E-state index in [0.29, 0.717) is 33.7 Å². The number of fused-ring (bicyclic) bond motifs is 3. The molecule has 0 amide bonds. The molecule has 0 saturated carbocycles. The highest BCUT2D eigenvalue weighted by atomic mass is 35.5. The molecular formula is C15H13ClN4OS. The normalized spacial score (nSPS) is 11.1. The van der Waals surface area contributed by atoms with Gasteiger partial charge in [0.05, 0.1) is 10.9 Å². The third-order valence-electron chi connectivity index (χ3n) is 3.15. The summed E-state index contributed by atoms with van der Waals surface area (Å²) in [6.07, 6.45) is 1.66. The maximum Gasteiger partial charge on any atom is 0.263 e. The SMILES string of the molecule is C=CCn1c(=O)c2ccccc2n2c(SCC(=C)Cl)nnc12. The Morgan fingerprint density at radius 3 is 2.86 bits per heavy atom. The number of aromatic nitrogens is 4. The van der Waals surface area contributed by atoms with Crippen molar-refractivity contribution in [2.75, 3.05) is 5.75 Å². The number of rotatable bonds is 5. The van der Waals surface area contributed by atoms with Crippen LogP contribution in [0.15, 0.2) is 58.5 Å². The van der Waals surface area contributed by atoms with Gasteiger partial charge in [0.15, 0.2) is 5.16 Å². The van der Waals surface area contributed by atoms with Crippen LogP contribution in [0.5, 0.6) is 0 Å². The number of para-hydroxylation sites is 1. The van der Waals surface area contributed by atoms with E-state index < -0.39 is 0 Å². The standard InChI is InChI=1S/C15H13ClN4OS/c1-3-8-19-13(21)11-6-4-5-7-12(11)20-14(19)17-18-15(20)22-9-10(2)16/h3-7H,1-2,8-9H2. The molecule has 0 atom stereocenters. The fraction of sp³-hybridized carbons (Fsp3) is 0.133. The molecule has 0 aliphatic rings. The smallest absolute Gasteiger partial charge is 0.263 e. The first-order valence-corrected chi connectivity index (χ1v) is 7.93. The average molecular weight is 333 g/mol. The molecule has 3 aromatic rings.